The van der Waals surface area contributed by atoms with Crippen LogP contribution in [0.5, 0.6) is 0 Å². The van der Waals surface area contributed by atoms with Crippen LogP contribution < -0.4 is 0 Å². The van der Waals surface area contributed by atoms with Gasteiger partial charge >= 0.3 is 5.97 Å². The van der Waals surface area contributed by atoms with Crippen LogP contribution in [0.15, 0.2) is 29.2 Å². The molecule has 0 radical (unpaired) electrons. The first kappa shape index (κ1) is 15.9. The summed E-state index contributed by atoms with van der Waals surface area (Å²) in [4.78, 5) is 10.9. The van der Waals surface area contributed by atoms with Crippen molar-refractivity contribution < 1.29 is 23.1 Å². The number of piperidine rings is 1. The molecule has 116 valence electrons. The molecule has 1 aliphatic heterocycles. The molecule has 2 atom stereocenters. The topological polar surface area (TPSA) is 83.9 Å². The Hall–Kier alpha value is -1.44. The summed E-state index contributed by atoms with van der Waals surface area (Å²) >= 11 is 0. The predicted octanol–water partition coefficient (Wildman–Crippen LogP) is 1.43. The predicted molar refractivity (Wildman–Crippen MR) is 76.7 cm³/mol. The molecule has 0 saturated carbocycles. The van der Waals surface area contributed by atoms with Crippen molar-refractivity contribution in [1.82, 2.24) is 4.31 Å². The minimum absolute atomic E-state index is 0.0657. The average molecular weight is 313 g/mol. The molecular formula is C14H19NO5S. The van der Waals surface area contributed by atoms with Gasteiger partial charge in [-0.05, 0) is 36.6 Å². The monoisotopic (exact) mass is 313 g/mol. The van der Waals surface area contributed by atoms with E-state index >= 15 is 0 Å². The summed E-state index contributed by atoms with van der Waals surface area (Å²) in [6.07, 6.45) is 0.622. The molecule has 1 aliphatic rings. The summed E-state index contributed by atoms with van der Waals surface area (Å²) < 4.78 is 31.9. The maximum absolute atomic E-state index is 12.6. The van der Waals surface area contributed by atoms with Gasteiger partial charge in [0.15, 0.2) is 0 Å². The Balaban J connectivity index is 2.23. The van der Waals surface area contributed by atoms with Crippen LogP contribution in [0.3, 0.4) is 0 Å². The highest BCUT2D eigenvalue weighted by atomic mass is 32.2. The second kappa shape index (κ2) is 6.13. The van der Waals surface area contributed by atoms with Crippen molar-refractivity contribution in [3.63, 3.8) is 0 Å². The Morgan fingerprint density at radius 2 is 1.95 bits per heavy atom. The molecule has 0 bridgehead atoms. The number of methoxy groups -OCH3 is 1. The summed E-state index contributed by atoms with van der Waals surface area (Å²) in [5.74, 6) is -0.763. The fourth-order valence-corrected chi connectivity index (χ4v) is 3.92. The zero-order chi connectivity index (χ0) is 15.6. The summed E-state index contributed by atoms with van der Waals surface area (Å²) in [7, 11) is -2.03. The van der Waals surface area contributed by atoms with E-state index in [0.717, 1.165) is 6.42 Å². The number of nitrogens with zero attached hydrogens (tertiary/aromatic N) is 1. The zero-order valence-electron chi connectivity index (χ0n) is 12.0. The minimum Gasteiger partial charge on any atom is -0.478 e. The molecule has 6 nitrogen and oxygen atoms in total. The van der Waals surface area contributed by atoms with Gasteiger partial charge in [-0.2, -0.15) is 4.31 Å². The van der Waals surface area contributed by atoms with E-state index < -0.39 is 16.0 Å². The number of sulfonamides is 1. The SMILES string of the molecule is COC1CN(S(=O)(=O)c2ccc(C(=O)O)cc2)CCC1C. The zero-order valence-corrected chi connectivity index (χ0v) is 12.8. The molecule has 2 rings (SSSR count). The van der Waals surface area contributed by atoms with Gasteiger partial charge in [0.2, 0.25) is 10.0 Å². The Morgan fingerprint density at radius 1 is 1.33 bits per heavy atom. The maximum Gasteiger partial charge on any atom is 0.335 e. The van der Waals surface area contributed by atoms with Crippen molar-refractivity contribution in [1.29, 1.82) is 0 Å². The second-order valence-corrected chi connectivity index (χ2v) is 7.17. The molecular weight excluding hydrogens is 294 g/mol. The molecule has 1 aromatic carbocycles. The molecule has 21 heavy (non-hydrogen) atoms. The van der Waals surface area contributed by atoms with Gasteiger partial charge in [-0.3, -0.25) is 0 Å². The van der Waals surface area contributed by atoms with E-state index in [0.29, 0.717) is 19.0 Å². The Bertz CT molecular complexity index is 611. The highest BCUT2D eigenvalue weighted by Gasteiger charge is 2.33. The number of carboxylic acid groups (broad SMARTS) is 1. The molecule has 7 heteroatoms. The summed E-state index contributed by atoms with van der Waals surface area (Å²) in [6, 6.07) is 5.27. The second-order valence-electron chi connectivity index (χ2n) is 5.23. The third-order valence-corrected chi connectivity index (χ3v) is 5.77. The van der Waals surface area contributed by atoms with Crippen LogP contribution in [0.2, 0.25) is 0 Å². The molecule has 0 aliphatic carbocycles. The number of benzene rings is 1. The maximum atomic E-state index is 12.6. The number of aromatic carboxylic acids is 1. The summed E-state index contributed by atoms with van der Waals surface area (Å²) in [5.41, 5.74) is 0.0657. The van der Waals surface area contributed by atoms with Crippen molar-refractivity contribution in [3.8, 4) is 0 Å². The van der Waals surface area contributed by atoms with Crippen LogP contribution in [0.25, 0.3) is 0 Å². The Labute approximate surface area is 124 Å². The molecule has 0 aromatic heterocycles. The van der Waals surface area contributed by atoms with Gasteiger partial charge in [0.05, 0.1) is 16.6 Å². The van der Waals surface area contributed by atoms with Gasteiger partial charge in [0.25, 0.3) is 0 Å². The highest BCUT2D eigenvalue weighted by Crippen LogP contribution is 2.25. The van der Waals surface area contributed by atoms with Crippen LogP contribution >= 0.6 is 0 Å². The number of hydrogen-bond acceptors (Lipinski definition) is 4. The quantitative estimate of drug-likeness (QED) is 0.909. The lowest BCUT2D eigenvalue weighted by atomic mass is 9.97. The van der Waals surface area contributed by atoms with E-state index in [1.165, 1.54) is 28.6 Å². The van der Waals surface area contributed by atoms with Crippen LogP contribution in [0.1, 0.15) is 23.7 Å². The van der Waals surface area contributed by atoms with Crippen LogP contribution in [0.4, 0.5) is 0 Å². The lowest BCUT2D eigenvalue weighted by molar-refractivity contribution is 0.0184. The summed E-state index contributed by atoms with van der Waals surface area (Å²) in [6.45, 7) is 2.81. The van der Waals surface area contributed by atoms with E-state index in [9.17, 15) is 13.2 Å². The van der Waals surface area contributed by atoms with Gasteiger partial charge < -0.3 is 9.84 Å². The lowest BCUT2D eigenvalue weighted by Crippen LogP contribution is -2.46. The molecule has 2 unspecified atom stereocenters. The molecule has 1 saturated heterocycles. The van der Waals surface area contributed by atoms with Crippen molar-refractivity contribution in [2.45, 2.75) is 24.3 Å². The third kappa shape index (κ3) is 3.25. The van der Waals surface area contributed by atoms with Gasteiger partial charge in [-0.25, -0.2) is 13.2 Å². The highest BCUT2D eigenvalue weighted by molar-refractivity contribution is 7.89. The van der Waals surface area contributed by atoms with Crippen molar-refractivity contribution >= 4 is 16.0 Å². The van der Waals surface area contributed by atoms with Crippen molar-refractivity contribution in [3.05, 3.63) is 29.8 Å². The molecule has 1 aromatic rings. The van der Waals surface area contributed by atoms with Gasteiger partial charge in [0, 0.05) is 20.2 Å². The van der Waals surface area contributed by atoms with Crippen molar-refractivity contribution in [2.75, 3.05) is 20.2 Å². The first-order valence-electron chi connectivity index (χ1n) is 6.72. The molecule has 1 fully saturated rings. The smallest absolute Gasteiger partial charge is 0.335 e. The Morgan fingerprint density at radius 3 is 2.48 bits per heavy atom. The average Bonchev–Trinajstić information content (AvgIpc) is 2.47. The normalized spacial score (nSPS) is 23.9. The standard InChI is InChI=1S/C14H19NO5S/c1-10-7-8-15(9-13(10)20-2)21(18,19)12-5-3-11(4-6-12)14(16)17/h3-6,10,13H,7-9H2,1-2H3,(H,16,17). The third-order valence-electron chi connectivity index (χ3n) is 3.89. The lowest BCUT2D eigenvalue weighted by Gasteiger charge is -2.35. The molecule has 0 spiro atoms. The van der Waals surface area contributed by atoms with Gasteiger partial charge in [-0.15, -0.1) is 0 Å². The number of hydrogen-bond donors (Lipinski definition) is 1. The largest absolute Gasteiger partial charge is 0.478 e. The van der Waals surface area contributed by atoms with E-state index in [4.69, 9.17) is 9.84 Å². The van der Waals surface area contributed by atoms with E-state index in [-0.39, 0.29) is 16.6 Å². The van der Waals surface area contributed by atoms with Crippen LogP contribution in [-0.2, 0) is 14.8 Å². The Kier molecular flexibility index (Phi) is 4.65. The van der Waals surface area contributed by atoms with E-state index in [1.807, 2.05) is 6.92 Å². The first-order chi connectivity index (χ1) is 9.86. The fourth-order valence-electron chi connectivity index (χ4n) is 2.45. The number of ether oxygens (including phenoxy) is 1. The number of rotatable bonds is 4. The van der Waals surface area contributed by atoms with E-state index in [1.54, 1.807) is 7.11 Å². The number of carboxylic acids is 1. The van der Waals surface area contributed by atoms with Crippen molar-refractivity contribution in [2.24, 2.45) is 5.92 Å². The molecule has 1 N–H and O–H groups in total. The molecule has 0 amide bonds. The minimum atomic E-state index is -3.61. The van der Waals surface area contributed by atoms with Gasteiger partial charge in [0.1, 0.15) is 0 Å². The summed E-state index contributed by atoms with van der Waals surface area (Å²) in [5, 5.41) is 8.85. The van der Waals surface area contributed by atoms with E-state index in [2.05, 4.69) is 0 Å². The van der Waals surface area contributed by atoms with Gasteiger partial charge in [-0.1, -0.05) is 6.92 Å². The fraction of sp³-hybridized carbons (Fsp3) is 0.500. The van der Waals surface area contributed by atoms with Crippen LogP contribution in [0, 0.1) is 5.92 Å². The number of carbonyl (C=O) groups is 1. The van der Waals surface area contributed by atoms with Crippen LogP contribution in [-0.4, -0.2) is 50.1 Å². The molecule has 1 heterocycles. The first-order valence-corrected chi connectivity index (χ1v) is 8.16.